The van der Waals surface area contributed by atoms with Crippen LogP contribution in [0.15, 0.2) is 34.8 Å². The predicted molar refractivity (Wildman–Crippen MR) is 76.4 cm³/mol. The fraction of sp³-hybridized carbons (Fsp3) is 0.250. The number of aliphatic hydroxyl groups is 1. The Hall–Kier alpha value is -1.33. The van der Waals surface area contributed by atoms with E-state index in [9.17, 15) is 18.3 Å². The van der Waals surface area contributed by atoms with E-state index in [1.54, 1.807) is 6.07 Å². The average molecular weight is 357 g/mol. The Morgan fingerprint density at radius 1 is 1.10 bits per heavy atom. The van der Waals surface area contributed by atoms with Gasteiger partial charge >= 0.3 is 0 Å². The molecule has 0 aromatic heterocycles. The van der Waals surface area contributed by atoms with Gasteiger partial charge in [-0.2, -0.15) is 0 Å². The molecule has 1 unspecified atom stereocenters. The molecule has 5 heteroatoms. The molecular weight excluding hydrogens is 345 g/mol. The highest BCUT2D eigenvalue weighted by Gasteiger charge is 2.39. The van der Waals surface area contributed by atoms with E-state index in [4.69, 9.17) is 0 Å². The molecule has 0 radical (unpaired) electrons. The van der Waals surface area contributed by atoms with Crippen molar-refractivity contribution >= 4 is 15.9 Å². The van der Waals surface area contributed by atoms with Crippen LogP contribution in [0.2, 0.25) is 0 Å². The van der Waals surface area contributed by atoms with Gasteiger partial charge in [-0.15, -0.1) is 0 Å². The second-order valence-corrected chi connectivity index (χ2v) is 6.15. The molecule has 0 amide bonds. The van der Waals surface area contributed by atoms with Crippen molar-refractivity contribution in [1.82, 2.24) is 0 Å². The highest BCUT2D eigenvalue weighted by atomic mass is 79.9. The zero-order valence-corrected chi connectivity index (χ0v) is 12.6. The van der Waals surface area contributed by atoms with Gasteiger partial charge < -0.3 is 5.11 Å². The van der Waals surface area contributed by atoms with Gasteiger partial charge in [-0.1, -0.05) is 12.1 Å². The van der Waals surface area contributed by atoms with E-state index in [1.807, 2.05) is 0 Å². The first-order valence-corrected chi connectivity index (χ1v) is 7.34. The maximum Gasteiger partial charge on any atom is 0.143 e. The summed E-state index contributed by atoms with van der Waals surface area (Å²) < 4.78 is 41.8. The van der Waals surface area contributed by atoms with Gasteiger partial charge in [-0.25, -0.2) is 13.2 Å². The monoisotopic (exact) mass is 356 g/mol. The molecule has 0 saturated heterocycles. The maximum absolute atomic E-state index is 14.1. The van der Waals surface area contributed by atoms with E-state index in [-0.39, 0.29) is 22.9 Å². The van der Waals surface area contributed by atoms with E-state index in [2.05, 4.69) is 15.9 Å². The van der Waals surface area contributed by atoms with Gasteiger partial charge in [0.05, 0.1) is 10.1 Å². The van der Waals surface area contributed by atoms with Crippen LogP contribution in [0.3, 0.4) is 0 Å². The normalized spacial score (nSPS) is 20.6. The molecule has 1 aliphatic carbocycles. The fourth-order valence-corrected chi connectivity index (χ4v) is 3.29. The smallest absolute Gasteiger partial charge is 0.143 e. The van der Waals surface area contributed by atoms with Crippen molar-refractivity contribution in [2.45, 2.75) is 24.9 Å². The molecule has 0 fully saturated rings. The largest absolute Gasteiger partial charge is 0.385 e. The van der Waals surface area contributed by atoms with Crippen LogP contribution in [0, 0.1) is 17.5 Å². The molecule has 21 heavy (non-hydrogen) atoms. The van der Waals surface area contributed by atoms with E-state index in [0.29, 0.717) is 17.5 Å². The second-order valence-electron chi connectivity index (χ2n) is 5.30. The van der Waals surface area contributed by atoms with Gasteiger partial charge in [0.15, 0.2) is 0 Å². The summed E-state index contributed by atoms with van der Waals surface area (Å²) in [7, 11) is 0. The van der Waals surface area contributed by atoms with Gasteiger partial charge in [0.2, 0.25) is 0 Å². The number of halogens is 4. The predicted octanol–water partition coefficient (Wildman–Crippen LogP) is 4.24. The van der Waals surface area contributed by atoms with E-state index in [1.165, 1.54) is 18.2 Å². The summed E-state index contributed by atoms with van der Waals surface area (Å²) in [6.07, 6.45) is 0.380. The Bertz CT molecular complexity index is 717. The van der Waals surface area contributed by atoms with Gasteiger partial charge in [-0.05, 0) is 58.1 Å². The number of hydrogen-bond donors (Lipinski definition) is 1. The summed E-state index contributed by atoms with van der Waals surface area (Å²) in [5.74, 6) is -1.83. The molecule has 2 aromatic carbocycles. The summed E-state index contributed by atoms with van der Waals surface area (Å²) in [5.41, 5.74) is -0.791. The molecule has 0 bridgehead atoms. The van der Waals surface area contributed by atoms with Crippen LogP contribution in [0.4, 0.5) is 13.2 Å². The van der Waals surface area contributed by atoms with Crippen molar-refractivity contribution in [1.29, 1.82) is 0 Å². The van der Waals surface area contributed by atoms with Gasteiger partial charge in [0.1, 0.15) is 17.5 Å². The molecular formula is C16H12BrF3O. The van der Waals surface area contributed by atoms with Crippen LogP contribution in [-0.2, 0) is 18.4 Å². The lowest BCUT2D eigenvalue weighted by Crippen LogP contribution is -2.26. The Morgan fingerprint density at radius 3 is 2.62 bits per heavy atom. The minimum absolute atomic E-state index is 0.139. The Labute approximate surface area is 128 Å². The Balaban J connectivity index is 2.05. The second kappa shape index (κ2) is 5.14. The standard InChI is InChI=1S/C16H12BrF3O/c17-12-4-5-14(19)10(15(12)20)8-16(21)7-6-9-11(16)2-1-3-13(9)18/h1-5,21H,6-8H2. The van der Waals surface area contributed by atoms with Crippen LogP contribution in [0.1, 0.15) is 23.1 Å². The number of benzene rings is 2. The van der Waals surface area contributed by atoms with E-state index in [0.717, 1.165) is 6.07 Å². The van der Waals surface area contributed by atoms with Crippen molar-refractivity contribution in [3.8, 4) is 0 Å². The first-order valence-electron chi connectivity index (χ1n) is 6.55. The van der Waals surface area contributed by atoms with Gasteiger partial charge in [0.25, 0.3) is 0 Å². The first kappa shape index (κ1) is 14.6. The lowest BCUT2D eigenvalue weighted by Gasteiger charge is -2.25. The summed E-state index contributed by atoms with van der Waals surface area (Å²) in [5, 5.41) is 10.7. The van der Waals surface area contributed by atoms with E-state index >= 15 is 0 Å². The molecule has 2 aromatic rings. The highest BCUT2D eigenvalue weighted by molar-refractivity contribution is 9.10. The van der Waals surface area contributed by atoms with Crippen LogP contribution in [0.25, 0.3) is 0 Å². The maximum atomic E-state index is 14.1. The minimum atomic E-state index is -1.44. The van der Waals surface area contributed by atoms with Crippen LogP contribution < -0.4 is 0 Å². The SMILES string of the molecule is OC1(Cc2c(F)ccc(Br)c2F)CCc2c(F)cccc21. The van der Waals surface area contributed by atoms with Gasteiger partial charge in [0, 0.05) is 12.0 Å². The number of fused-ring (bicyclic) bond motifs is 1. The lowest BCUT2D eigenvalue weighted by molar-refractivity contribution is 0.0371. The quantitative estimate of drug-likeness (QED) is 0.797. The van der Waals surface area contributed by atoms with E-state index < -0.39 is 23.1 Å². The van der Waals surface area contributed by atoms with Gasteiger partial charge in [-0.3, -0.25) is 0 Å². The molecule has 1 aliphatic rings. The van der Waals surface area contributed by atoms with Crippen LogP contribution in [-0.4, -0.2) is 5.11 Å². The molecule has 1 nitrogen and oxygen atoms in total. The third kappa shape index (κ3) is 2.38. The van der Waals surface area contributed by atoms with Crippen molar-refractivity contribution in [2.75, 3.05) is 0 Å². The first-order chi connectivity index (χ1) is 9.92. The molecule has 1 N–H and O–H groups in total. The van der Waals surface area contributed by atoms with Crippen molar-refractivity contribution < 1.29 is 18.3 Å². The molecule has 0 saturated carbocycles. The van der Waals surface area contributed by atoms with Crippen molar-refractivity contribution in [3.63, 3.8) is 0 Å². The minimum Gasteiger partial charge on any atom is -0.385 e. The topological polar surface area (TPSA) is 20.2 Å². The van der Waals surface area contributed by atoms with Crippen molar-refractivity contribution in [3.05, 3.63) is 68.9 Å². The third-order valence-corrected chi connectivity index (χ3v) is 4.63. The molecule has 0 spiro atoms. The van der Waals surface area contributed by atoms with Crippen LogP contribution in [0.5, 0.6) is 0 Å². The zero-order valence-electron chi connectivity index (χ0n) is 11.0. The molecule has 1 atom stereocenters. The summed E-state index contributed by atoms with van der Waals surface area (Å²) in [4.78, 5) is 0. The zero-order chi connectivity index (χ0) is 15.2. The number of rotatable bonds is 2. The molecule has 110 valence electrons. The lowest BCUT2D eigenvalue weighted by atomic mass is 9.88. The third-order valence-electron chi connectivity index (χ3n) is 4.02. The molecule has 0 heterocycles. The highest BCUT2D eigenvalue weighted by Crippen LogP contribution is 2.41. The summed E-state index contributed by atoms with van der Waals surface area (Å²) in [6, 6.07) is 6.86. The van der Waals surface area contributed by atoms with Crippen molar-refractivity contribution in [2.24, 2.45) is 0 Å². The number of hydrogen-bond acceptors (Lipinski definition) is 1. The Morgan fingerprint density at radius 2 is 1.86 bits per heavy atom. The fourth-order valence-electron chi connectivity index (χ4n) is 2.92. The summed E-state index contributed by atoms with van der Waals surface area (Å²) >= 11 is 3.01. The summed E-state index contributed by atoms with van der Waals surface area (Å²) in [6.45, 7) is 0. The van der Waals surface area contributed by atoms with Crippen LogP contribution >= 0.6 is 15.9 Å². The molecule has 0 aliphatic heterocycles. The Kier molecular flexibility index (Phi) is 3.58. The average Bonchev–Trinajstić information content (AvgIpc) is 2.79. The molecule has 3 rings (SSSR count).